The Labute approximate surface area is 128 Å². The highest BCUT2D eigenvalue weighted by Gasteiger charge is 2.41. The molecule has 114 valence electrons. The lowest BCUT2D eigenvalue weighted by molar-refractivity contribution is -0.138. The summed E-state index contributed by atoms with van der Waals surface area (Å²) < 4.78 is 39.6. The van der Waals surface area contributed by atoms with Crippen molar-refractivity contribution < 1.29 is 18.0 Å². The number of carbonyl (C=O) groups excluding carboxylic acids is 1. The lowest BCUT2D eigenvalue weighted by atomic mass is 10.0. The molecule has 0 radical (unpaired) electrons. The van der Waals surface area contributed by atoms with Crippen LogP contribution in [0.5, 0.6) is 0 Å². The lowest BCUT2D eigenvalue weighted by Gasteiger charge is -2.20. The van der Waals surface area contributed by atoms with Crippen molar-refractivity contribution in [2.24, 2.45) is 11.8 Å². The largest absolute Gasteiger partial charge is 0.417 e. The van der Waals surface area contributed by atoms with Gasteiger partial charge in [-0.3, -0.25) is 4.79 Å². The number of fused-ring (bicyclic) bond motifs is 1. The highest BCUT2D eigenvalue weighted by atomic mass is 79.9. The second kappa shape index (κ2) is 5.28. The molecule has 0 aliphatic carbocycles. The molecule has 2 aliphatic rings. The first kappa shape index (κ1) is 14.8. The Morgan fingerprint density at radius 3 is 2.43 bits per heavy atom. The number of carbonyl (C=O) groups is 1. The SMILES string of the molecule is O=C(c1ccc(Br)cc1C(F)(F)F)N1C[C@H]2CNC[C@H]2C1. The van der Waals surface area contributed by atoms with E-state index in [1.54, 1.807) is 4.90 Å². The zero-order chi connectivity index (χ0) is 15.2. The summed E-state index contributed by atoms with van der Waals surface area (Å²) in [6, 6.07) is 3.69. The molecular weight excluding hydrogens is 349 g/mol. The third-order valence-corrected chi connectivity index (χ3v) is 4.69. The van der Waals surface area contributed by atoms with Gasteiger partial charge in [0.15, 0.2) is 0 Å². The predicted octanol–water partition coefficient (Wildman–Crippen LogP) is 2.76. The molecule has 1 amide bonds. The molecule has 21 heavy (non-hydrogen) atoms. The lowest BCUT2D eigenvalue weighted by Crippen LogP contribution is -2.33. The van der Waals surface area contributed by atoms with Crippen LogP contribution in [0.2, 0.25) is 0 Å². The average molecular weight is 363 g/mol. The van der Waals surface area contributed by atoms with Crippen molar-refractivity contribution in [3.8, 4) is 0 Å². The summed E-state index contributed by atoms with van der Waals surface area (Å²) in [7, 11) is 0. The summed E-state index contributed by atoms with van der Waals surface area (Å²) >= 11 is 3.03. The summed E-state index contributed by atoms with van der Waals surface area (Å²) in [5.74, 6) is 0.196. The molecule has 1 aromatic carbocycles. The zero-order valence-electron chi connectivity index (χ0n) is 11.1. The minimum atomic E-state index is -4.54. The van der Waals surface area contributed by atoms with Gasteiger partial charge in [0, 0.05) is 30.7 Å². The average Bonchev–Trinajstić information content (AvgIpc) is 2.97. The van der Waals surface area contributed by atoms with Gasteiger partial charge in [-0.1, -0.05) is 15.9 Å². The fourth-order valence-electron chi connectivity index (χ4n) is 3.13. The van der Waals surface area contributed by atoms with Gasteiger partial charge in [0.1, 0.15) is 0 Å². The molecular formula is C14H14BrF3N2O. The van der Waals surface area contributed by atoms with Crippen LogP contribution in [-0.2, 0) is 6.18 Å². The van der Waals surface area contributed by atoms with E-state index in [4.69, 9.17) is 0 Å². The highest BCUT2D eigenvalue weighted by molar-refractivity contribution is 9.10. The maximum Gasteiger partial charge on any atom is 0.417 e. The van der Waals surface area contributed by atoms with E-state index in [9.17, 15) is 18.0 Å². The van der Waals surface area contributed by atoms with Crippen molar-refractivity contribution >= 4 is 21.8 Å². The standard InChI is InChI=1S/C14H14BrF3N2O/c15-10-1-2-11(12(3-10)14(16,17)18)13(21)20-6-8-4-19-5-9(8)7-20/h1-3,8-9,19H,4-7H2/t8-,9+. The number of amides is 1. The highest BCUT2D eigenvalue weighted by Crippen LogP contribution is 2.35. The molecule has 2 heterocycles. The van der Waals surface area contributed by atoms with Crippen molar-refractivity contribution in [3.63, 3.8) is 0 Å². The van der Waals surface area contributed by atoms with Gasteiger partial charge in [-0.25, -0.2) is 0 Å². The number of likely N-dealkylation sites (tertiary alicyclic amines) is 1. The monoisotopic (exact) mass is 362 g/mol. The second-order valence-electron chi connectivity index (χ2n) is 5.58. The van der Waals surface area contributed by atoms with Crippen molar-refractivity contribution in [1.29, 1.82) is 0 Å². The van der Waals surface area contributed by atoms with Crippen molar-refractivity contribution in [3.05, 3.63) is 33.8 Å². The third kappa shape index (κ3) is 2.81. The van der Waals surface area contributed by atoms with Gasteiger partial charge < -0.3 is 10.2 Å². The zero-order valence-corrected chi connectivity index (χ0v) is 12.7. The quantitative estimate of drug-likeness (QED) is 0.832. The Morgan fingerprint density at radius 1 is 1.24 bits per heavy atom. The Kier molecular flexibility index (Phi) is 3.73. The normalized spacial score (nSPS) is 25.2. The van der Waals surface area contributed by atoms with Crippen molar-refractivity contribution in [2.45, 2.75) is 6.18 Å². The number of hydrogen-bond donors (Lipinski definition) is 1. The van der Waals surface area contributed by atoms with Gasteiger partial charge >= 0.3 is 6.18 Å². The molecule has 2 saturated heterocycles. The van der Waals surface area contributed by atoms with Crippen LogP contribution >= 0.6 is 15.9 Å². The van der Waals surface area contributed by atoms with Crippen molar-refractivity contribution in [1.82, 2.24) is 10.2 Å². The molecule has 1 N–H and O–H groups in total. The summed E-state index contributed by atoms with van der Waals surface area (Å²) in [6.45, 7) is 2.73. The maximum atomic E-state index is 13.1. The molecule has 0 bridgehead atoms. The van der Waals surface area contributed by atoms with Crippen LogP contribution in [0.15, 0.2) is 22.7 Å². The summed E-state index contributed by atoms with van der Waals surface area (Å²) in [4.78, 5) is 14.0. The van der Waals surface area contributed by atoms with E-state index in [0.717, 1.165) is 19.2 Å². The molecule has 3 rings (SSSR count). The number of rotatable bonds is 1. The van der Waals surface area contributed by atoms with E-state index in [2.05, 4.69) is 21.2 Å². The van der Waals surface area contributed by atoms with Crippen LogP contribution in [0.3, 0.4) is 0 Å². The molecule has 0 aromatic heterocycles. The summed E-state index contributed by atoms with van der Waals surface area (Å²) in [6.07, 6.45) is -4.54. The van der Waals surface area contributed by atoms with Gasteiger partial charge in [-0.15, -0.1) is 0 Å². The van der Waals surface area contributed by atoms with Gasteiger partial charge in [0.2, 0.25) is 0 Å². The van der Waals surface area contributed by atoms with Crippen LogP contribution < -0.4 is 5.32 Å². The minimum Gasteiger partial charge on any atom is -0.338 e. The second-order valence-corrected chi connectivity index (χ2v) is 6.49. The van der Waals surface area contributed by atoms with Gasteiger partial charge in [-0.2, -0.15) is 13.2 Å². The Bertz CT molecular complexity index is 564. The van der Waals surface area contributed by atoms with Crippen LogP contribution in [0.4, 0.5) is 13.2 Å². The molecule has 2 atom stereocenters. The summed E-state index contributed by atoms with van der Waals surface area (Å²) in [5, 5.41) is 3.24. The van der Waals surface area contributed by atoms with E-state index in [-0.39, 0.29) is 5.56 Å². The van der Waals surface area contributed by atoms with Crippen LogP contribution in [-0.4, -0.2) is 37.0 Å². The smallest absolute Gasteiger partial charge is 0.338 e. The fraction of sp³-hybridized carbons (Fsp3) is 0.500. The molecule has 2 fully saturated rings. The number of hydrogen-bond acceptors (Lipinski definition) is 2. The first-order valence-electron chi connectivity index (χ1n) is 6.73. The first-order chi connectivity index (χ1) is 9.86. The van der Waals surface area contributed by atoms with Crippen LogP contribution in [0.25, 0.3) is 0 Å². The molecule has 7 heteroatoms. The molecule has 0 spiro atoms. The van der Waals surface area contributed by atoms with Crippen molar-refractivity contribution in [2.75, 3.05) is 26.2 Å². The maximum absolute atomic E-state index is 13.1. The van der Waals surface area contributed by atoms with Crippen LogP contribution in [0, 0.1) is 11.8 Å². The molecule has 0 unspecified atom stereocenters. The van der Waals surface area contributed by atoms with Gasteiger partial charge in [0.05, 0.1) is 11.1 Å². The minimum absolute atomic E-state index is 0.265. The number of alkyl halides is 3. The number of nitrogens with zero attached hydrogens (tertiary/aromatic N) is 1. The number of halogens is 4. The fourth-order valence-corrected chi connectivity index (χ4v) is 3.49. The van der Waals surface area contributed by atoms with Gasteiger partial charge in [0.25, 0.3) is 5.91 Å². The molecule has 2 aliphatic heterocycles. The predicted molar refractivity (Wildman–Crippen MR) is 74.9 cm³/mol. The van der Waals surface area contributed by atoms with Gasteiger partial charge in [-0.05, 0) is 30.0 Å². The van der Waals surface area contributed by atoms with E-state index >= 15 is 0 Å². The van der Waals surface area contributed by atoms with E-state index < -0.39 is 17.6 Å². The number of nitrogens with one attached hydrogen (secondary N) is 1. The Hall–Kier alpha value is -1.08. The Balaban J connectivity index is 1.88. The first-order valence-corrected chi connectivity index (χ1v) is 7.52. The Morgan fingerprint density at radius 2 is 1.86 bits per heavy atom. The molecule has 1 aromatic rings. The third-order valence-electron chi connectivity index (χ3n) is 4.19. The van der Waals surface area contributed by atoms with E-state index in [1.807, 2.05) is 0 Å². The summed E-state index contributed by atoms with van der Waals surface area (Å²) in [5.41, 5.74) is -1.14. The topological polar surface area (TPSA) is 32.3 Å². The van der Waals surface area contributed by atoms with E-state index in [0.29, 0.717) is 29.4 Å². The van der Waals surface area contributed by atoms with Crippen LogP contribution in [0.1, 0.15) is 15.9 Å². The van der Waals surface area contributed by atoms with E-state index in [1.165, 1.54) is 12.1 Å². The molecule has 3 nitrogen and oxygen atoms in total. The molecule has 0 saturated carbocycles. The number of benzene rings is 1.